The molecule has 0 heterocycles. The molecule has 0 spiro atoms. The highest BCUT2D eigenvalue weighted by Gasteiger charge is 1.91. The summed E-state index contributed by atoms with van der Waals surface area (Å²) in [5.74, 6) is 0.890. The minimum atomic E-state index is 0.561. The van der Waals surface area contributed by atoms with Gasteiger partial charge in [-0.05, 0) is 42.8 Å². The van der Waals surface area contributed by atoms with E-state index in [0.29, 0.717) is 6.61 Å². The fraction of sp³-hybridized carbons (Fsp3) is 0.125. The van der Waals surface area contributed by atoms with Crippen LogP contribution in [0, 0.1) is 6.92 Å². The molecule has 2 aromatic rings. The van der Waals surface area contributed by atoms with Gasteiger partial charge in [-0.25, -0.2) is 0 Å². The van der Waals surface area contributed by atoms with E-state index in [4.69, 9.17) is 16.3 Å². The standard InChI is InChI=1S/C16H15ClO/c1-13-4-10-16(11-5-13)18-12-2-3-14-6-8-15(17)9-7-14/h2-11H,12H2,1H3/b3-2-. The molecule has 2 heteroatoms. The first kappa shape index (κ1) is 12.7. The molecule has 0 aromatic heterocycles. The zero-order chi connectivity index (χ0) is 12.8. The van der Waals surface area contributed by atoms with E-state index in [1.54, 1.807) is 0 Å². The van der Waals surface area contributed by atoms with Crippen LogP contribution in [0.25, 0.3) is 6.08 Å². The van der Waals surface area contributed by atoms with Crippen LogP contribution in [0.1, 0.15) is 11.1 Å². The van der Waals surface area contributed by atoms with Crippen molar-refractivity contribution in [3.63, 3.8) is 0 Å². The van der Waals surface area contributed by atoms with Gasteiger partial charge in [0, 0.05) is 5.02 Å². The highest BCUT2D eigenvalue weighted by molar-refractivity contribution is 6.30. The molecule has 0 saturated heterocycles. The second-order valence-electron chi connectivity index (χ2n) is 4.08. The largest absolute Gasteiger partial charge is 0.490 e. The molecule has 0 unspecified atom stereocenters. The predicted molar refractivity (Wildman–Crippen MR) is 77.2 cm³/mol. The van der Waals surface area contributed by atoms with E-state index in [9.17, 15) is 0 Å². The van der Waals surface area contributed by atoms with Crippen LogP contribution in [0.3, 0.4) is 0 Å². The van der Waals surface area contributed by atoms with Crippen LogP contribution < -0.4 is 4.74 Å². The maximum Gasteiger partial charge on any atom is 0.119 e. The maximum absolute atomic E-state index is 5.82. The number of aryl methyl sites for hydroxylation is 1. The Morgan fingerprint density at radius 2 is 1.67 bits per heavy atom. The van der Waals surface area contributed by atoms with Crippen molar-refractivity contribution < 1.29 is 4.74 Å². The van der Waals surface area contributed by atoms with Gasteiger partial charge in [-0.2, -0.15) is 0 Å². The van der Waals surface area contributed by atoms with Gasteiger partial charge >= 0.3 is 0 Å². The van der Waals surface area contributed by atoms with Gasteiger partial charge in [0.1, 0.15) is 12.4 Å². The topological polar surface area (TPSA) is 9.23 Å². The summed E-state index contributed by atoms with van der Waals surface area (Å²) < 4.78 is 5.59. The molecule has 0 bridgehead atoms. The first-order valence-electron chi connectivity index (χ1n) is 5.85. The smallest absolute Gasteiger partial charge is 0.119 e. The molecule has 0 N–H and O–H groups in total. The summed E-state index contributed by atoms with van der Waals surface area (Å²) in [6.45, 7) is 2.62. The van der Waals surface area contributed by atoms with E-state index in [1.165, 1.54) is 5.56 Å². The quantitative estimate of drug-likeness (QED) is 0.770. The molecule has 0 amide bonds. The van der Waals surface area contributed by atoms with Crippen LogP contribution in [0.4, 0.5) is 0 Å². The molecular formula is C16H15ClO. The number of rotatable bonds is 4. The lowest BCUT2D eigenvalue weighted by Gasteiger charge is -2.02. The molecule has 0 atom stereocenters. The molecule has 0 aliphatic heterocycles. The van der Waals surface area contributed by atoms with Crippen LogP contribution in [-0.4, -0.2) is 6.61 Å². The number of ether oxygens (including phenoxy) is 1. The monoisotopic (exact) mass is 258 g/mol. The van der Waals surface area contributed by atoms with Gasteiger partial charge in [0.15, 0.2) is 0 Å². The minimum absolute atomic E-state index is 0.561. The van der Waals surface area contributed by atoms with E-state index < -0.39 is 0 Å². The van der Waals surface area contributed by atoms with E-state index in [0.717, 1.165) is 16.3 Å². The Labute approximate surface area is 113 Å². The molecule has 0 aliphatic rings. The molecule has 1 nitrogen and oxygen atoms in total. The molecule has 0 aliphatic carbocycles. The van der Waals surface area contributed by atoms with Crippen molar-refractivity contribution in [2.24, 2.45) is 0 Å². The molecule has 0 radical (unpaired) electrons. The fourth-order valence-corrected chi connectivity index (χ4v) is 1.66. The molecule has 92 valence electrons. The van der Waals surface area contributed by atoms with Crippen LogP contribution in [0.5, 0.6) is 5.75 Å². The van der Waals surface area contributed by atoms with E-state index in [1.807, 2.05) is 60.7 Å². The zero-order valence-corrected chi connectivity index (χ0v) is 11.0. The summed E-state index contributed by atoms with van der Waals surface area (Å²) in [6, 6.07) is 15.7. The van der Waals surface area contributed by atoms with Crippen molar-refractivity contribution >= 4 is 17.7 Å². The molecule has 18 heavy (non-hydrogen) atoms. The summed E-state index contributed by atoms with van der Waals surface area (Å²) in [6.07, 6.45) is 4.01. The summed E-state index contributed by atoms with van der Waals surface area (Å²) in [5, 5.41) is 0.753. The van der Waals surface area contributed by atoms with Crippen LogP contribution in [0.2, 0.25) is 5.02 Å². The summed E-state index contributed by atoms with van der Waals surface area (Å²) in [4.78, 5) is 0. The molecule has 0 saturated carbocycles. The van der Waals surface area contributed by atoms with Gasteiger partial charge < -0.3 is 4.74 Å². The third kappa shape index (κ3) is 3.94. The van der Waals surface area contributed by atoms with Crippen molar-refractivity contribution in [2.75, 3.05) is 6.61 Å². The van der Waals surface area contributed by atoms with Gasteiger partial charge in [-0.15, -0.1) is 0 Å². The highest BCUT2D eigenvalue weighted by atomic mass is 35.5. The zero-order valence-electron chi connectivity index (χ0n) is 10.3. The van der Waals surface area contributed by atoms with Gasteiger partial charge in [-0.3, -0.25) is 0 Å². The minimum Gasteiger partial charge on any atom is -0.490 e. The average molecular weight is 259 g/mol. The maximum atomic E-state index is 5.82. The summed E-state index contributed by atoms with van der Waals surface area (Å²) >= 11 is 5.82. The number of halogens is 1. The Kier molecular flexibility index (Phi) is 4.43. The van der Waals surface area contributed by atoms with E-state index >= 15 is 0 Å². The lowest BCUT2D eigenvalue weighted by molar-refractivity contribution is 0.363. The lowest BCUT2D eigenvalue weighted by atomic mass is 10.2. The summed E-state index contributed by atoms with van der Waals surface area (Å²) in [7, 11) is 0. The van der Waals surface area contributed by atoms with Crippen LogP contribution >= 0.6 is 11.6 Å². The average Bonchev–Trinajstić information content (AvgIpc) is 2.39. The number of benzene rings is 2. The van der Waals surface area contributed by atoms with Crippen molar-refractivity contribution in [2.45, 2.75) is 6.92 Å². The Morgan fingerprint density at radius 3 is 2.33 bits per heavy atom. The predicted octanol–water partition coefficient (Wildman–Crippen LogP) is 4.74. The first-order chi connectivity index (χ1) is 8.74. The van der Waals surface area contributed by atoms with Crippen molar-refractivity contribution in [1.82, 2.24) is 0 Å². The second kappa shape index (κ2) is 6.27. The van der Waals surface area contributed by atoms with Gasteiger partial charge in [0.05, 0.1) is 0 Å². The van der Waals surface area contributed by atoms with Crippen LogP contribution in [0.15, 0.2) is 54.6 Å². The Balaban J connectivity index is 1.84. The SMILES string of the molecule is Cc1ccc(OC/C=C\c2ccc(Cl)cc2)cc1. The Bertz CT molecular complexity index is 512. The second-order valence-corrected chi connectivity index (χ2v) is 4.51. The van der Waals surface area contributed by atoms with Crippen LogP contribution in [-0.2, 0) is 0 Å². The van der Waals surface area contributed by atoms with Crippen molar-refractivity contribution in [3.05, 3.63) is 70.8 Å². The van der Waals surface area contributed by atoms with Gasteiger partial charge in [-0.1, -0.05) is 47.5 Å². The highest BCUT2D eigenvalue weighted by Crippen LogP contribution is 2.12. The van der Waals surface area contributed by atoms with Gasteiger partial charge in [0.25, 0.3) is 0 Å². The number of hydrogen-bond acceptors (Lipinski definition) is 1. The van der Waals surface area contributed by atoms with Crippen molar-refractivity contribution in [1.29, 1.82) is 0 Å². The molecule has 0 fully saturated rings. The van der Waals surface area contributed by atoms with E-state index in [-0.39, 0.29) is 0 Å². The number of hydrogen-bond donors (Lipinski definition) is 0. The lowest BCUT2D eigenvalue weighted by Crippen LogP contribution is -1.92. The Hall–Kier alpha value is -1.73. The van der Waals surface area contributed by atoms with Gasteiger partial charge in [0.2, 0.25) is 0 Å². The Morgan fingerprint density at radius 1 is 1.00 bits per heavy atom. The third-order valence-electron chi connectivity index (χ3n) is 2.55. The van der Waals surface area contributed by atoms with E-state index in [2.05, 4.69) is 6.92 Å². The fourth-order valence-electron chi connectivity index (χ4n) is 1.54. The normalized spacial score (nSPS) is 10.8. The molecule has 2 rings (SSSR count). The molecule has 2 aromatic carbocycles. The summed E-state index contributed by atoms with van der Waals surface area (Å²) in [5.41, 5.74) is 2.35. The molecular weight excluding hydrogens is 244 g/mol. The third-order valence-corrected chi connectivity index (χ3v) is 2.80. The van der Waals surface area contributed by atoms with Crippen molar-refractivity contribution in [3.8, 4) is 5.75 Å². The first-order valence-corrected chi connectivity index (χ1v) is 6.23.